The highest BCUT2D eigenvalue weighted by Crippen LogP contribution is 2.46. The van der Waals surface area contributed by atoms with Crippen LogP contribution in [0.3, 0.4) is 0 Å². The van der Waals surface area contributed by atoms with Crippen molar-refractivity contribution in [2.75, 3.05) is 20.1 Å². The molecule has 4 nitrogen and oxygen atoms in total. The Morgan fingerprint density at radius 1 is 1.47 bits per heavy atom. The fourth-order valence-electron chi connectivity index (χ4n) is 2.63. The Hall–Kier alpha value is -1.34. The first-order valence-electron chi connectivity index (χ1n) is 6.39. The van der Waals surface area contributed by atoms with E-state index in [1.807, 2.05) is 6.20 Å². The van der Waals surface area contributed by atoms with Crippen molar-refractivity contribution in [1.82, 2.24) is 14.9 Å². The van der Waals surface area contributed by atoms with Crippen molar-refractivity contribution >= 4 is 0 Å². The Morgan fingerprint density at radius 3 is 2.76 bits per heavy atom. The lowest BCUT2D eigenvalue weighted by Crippen LogP contribution is -2.29. The van der Waals surface area contributed by atoms with Gasteiger partial charge in [-0.05, 0) is 45.8 Å². The van der Waals surface area contributed by atoms with Crippen LogP contribution >= 0.6 is 0 Å². The Kier molecular flexibility index (Phi) is 2.44. The second-order valence-corrected chi connectivity index (χ2v) is 5.46. The zero-order valence-electron chi connectivity index (χ0n) is 10.2. The van der Waals surface area contributed by atoms with Crippen LogP contribution in [-0.4, -0.2) is 35.0 Å². The fourth-order valence-corrected chi connectivity index (χ4v) is 2.63. The third kappa shape index (κ3) is 1.85. The van der Waals surface area contributed by atoms with E-state index in [0.717, 1.165) is 31.8 Å². The molecule has 0 radical (unpaired) electrons. The lowest BCUT2D eigenvalue weighted by Gasteiger charge is -2.28. The van der Waals surface area contributed by atoms with Crippen molar-refractivity contribution < 1.29 is 0 Å². The average molecular weight is 230 g/mol. The van der Waals surface area contributed by atoms with E-state index in [2.05, 4.69) is 28.0 Å². The zero-order valence-corrected chi connectivity index (χ0v) is 10.2. The maximum absolute atomic E-state index is 9.15. The number of hydrogen-bond donors (Lipinski definition) is 1. The van der Waals surface area contributed by atoms with Crippen molar-refractivity contribution in [3.63, 3.8) is 0 Å². The molecule has 4 heteroatoms. The minimum absolute atomic E-state index is 0.274. The van der Waals surface area contributed by atoms with Gasteiger partial charge in [-0.25, -0.2) is 4.98 Å². The summed E-state index contributed by atoms with van der Waals surface area (Å²) < 4.78 is 0. The van der Waals surface area contributed by atoms with E-state index in [-0.39, 0.29) is 5.41 Å². The SMILES string of the molecule is CN1CCC(c2cnc(C3(C#N)CC3)[nH]2)CC1. The molecule has 0 spiro atoms. The lowest BCUT2D eigenvalue weighted by atomic mass is 9.94. The fraction of sp³-hybridized carbons (Fsp3) is 0.692. The molecule has 2 aliphatic rings. The van der Waals surface area contributed by atoms with E-state index in [0.29, 0.717) is 5.92 Å². The van der Waals surface area contributed by atoms with Crippen molar-refractivity contribution in [3.8, 4) is 6.07 Å². The molecule has 3 rings (SSSR count). The van der Waals surface area contributed by atoms with Crippen LogP contribution in [0.4, 0.5) is 0 Å². The van der Waals surface area contributed by atoms with Gasteiger partial charge in [0.1, 0.15) is 11.2 Å². The lowest BCUT2D eigenvalue weighted by molar-refractivity contribution is 0.253. The molecule has 2 heterocycles. The summed E-state index contributed by atoms with van der Waals surface area (Å²) in [6.07, 6.45) is 6.26. The van der Waals surface area contributed by atoms with Gasteiger partial charge in [0, 0.05) is 17.8 Å². The van der Waals surface area contributed by atoms with Gasteiger partial charge in [-0.3, -0.25) is 0 Å². The van der Waals surface area contributed by atoms with E-state index in [4.69, 9.17) is 5.26 Å². The largest absolute Gasteiger partial charge is 0.344 e. The van der Waals surface area contributed by atoms with E-state index in [9.17, 15) is 0 Å². The van der Waals surface area contributed by atoms with E-state index < -0.39 is 0 Å². The van der Waals surface area contributed by atoms with Crippen LogP contribution < -0.4 is 0 Å². The molecule has 0 amide bonds. The molecule has 1 N–H and O–H groups in total. The van der Waals surface area contributed by atoms with Gasteiger partial charge in [-0.1, -0.05) is 0 Å². The number of rotatable bonds is 2. The van der Waals surface area contributed by atoms with Gasteiger partial charge < -0.3 is 9.88 Å². The molecule has 1 saturated heterocycles. The van der Waals surface area contributed by atoms with Crippen LogP contribution in [0.15, 0.2) is 6.20 Å². The van der Waals surface area contributed by atoms with Gasteiger partial charge in [0.05, 0.1) is 6.07 Å². The maximum atomic E-state index is 9.15. The second kappa shape index (κ2) is 3.85. The molecular weight excluding hydrogens is 212 g/mol. The Labute approximate surface area is 102 Å². The van der Waals surface area contributed by atoms with Crippen LogP contribution in [0.1, 0.15) is 43.1 Å². The maximum Gasteiger partial charge on any atom is 0.126 e. The summed E-state index contributed by atoms with van der Waals surface area (Å²) in [6, 6.07) is 2.39. The van der Waals surface area contributed by atoms with Crippen LogP contribution in [0.2, 0.25) is 0 Å². The predicted molar refractivity (Wildman–Crippen MR) is 64.6 cm³/mol. The summed E-state index contributed by atoms with van der Waals surface area (Å²) in [5.41, 5.74) is 0.957. The van der Waals surface area contributed by atoms with Gasteiger partial charge in [0.2, 0.25) is 0 Å². The third-order valence-electron chi connectivity index (χ3n) is 4.17. The smallest absolute Gasteiger partial charge is 0.126 e. The van der Waals surface area contributed by atoms with Crippen LogP contribution in [-0.2, 0) is 5.41 Å². The van der Waals surface area contributed by atoms with Crippen LogP contribution in [0.25, 0.3) is 0 Å². The van der Waals surface area contributed by atoms with Crippen molar-refractivity contribution in [2.24, 2.45) is 0 Å². The van der Waals surface area contributed by atoms with Crippen LogP contribution in [0.5, 0.6) is 0 Å². The molecule has 0 aromatic carbocycles. The number of likely N-dealkylation sites (tertiary alicyclic amines) is 1. The molecule has 0 unspecified atom stereocenters. The summed E-state index contributed by atoms with van der Waals surface area (Å²) in [5.74, 6) is 1.50. The monoisotopic (exact) mass is 230 g/mol. The minimum atomic E-state index is -0.274. The second-order valence-electron chi connectivity index (χ2n) is 5.46. The minimum Gasteiger partial charge on any atom is -0.344 e. The number of imidazole rings is 1. The van der Waals surface area contributed by atoms with Gasteiger partial charge in [-0.15, -0.1) is 0 Å². The molecule has 1 aliphatic heterocycles. The number of nitriles is 1. The van der Waals surface area contributed by atoms with Gasteiger partial charge >= 0.3 is 0 Å². The van der Waals surface area contributed by atoms with E-state index in [1.54, 1.807) is 0 Å². The van der Waals surface area contributed by atoms with E-state index in [1.165, 1.54) is 18.5 Å². The average Bonchev–Trinajstić information content (AvgIpc) is 3.00. The first-order chi connectivity index (χ1) is 8.23. The molecule has 0 atom stereocenters. The molecule has 17 heavy (non-hydrogen) atoms. The number of aromatic nitrogens is 2. The number of H-pyrrole nitrogens is 1. The first kappa shape index (κ1) is 10.8. The summed E-state index contributed by atoms with van der Waals surface area (Å²) >= 11 is 0. The van der Waals surface area contributed by atoms with Crippen LogP contribution in [0, 0.1) is 11.3 Å². The highest BCUT2D eigenvalue weighted by Gasteiger charge is 2.47. The van der Waals surface area contributed by atoms with Crippen molar-refractivity contribution in [3.05, 3.63) is 17.7 Å². The predicted octanol–water partition coefficient (Wildman–Crippen LogP) is 1.77. The Bertz CT molecular complexity index is 444. The molecule has 2 fully saturated rings. The number of aromatic amines is 1. The van der Waals surface area contributed by atoms with Crippen molar-refractivity contribution in [1.29, 1.82) is 5.26 Å². The number of nitrogens with one attached hydrogen (secondary N) is 1. The highest BCUT2D eigenvalue weighted by atomic mass is 15.1. The highest BCUT2D eigenvalue weighted by molar-refractivity contribution is 5.30. The van der Waals surface area contributed by atoms with E-state index >= 15 is 0 Å². The molecule has 90 valence electrons. The third-order valence-corrected chi connectivity index (χ3v) is 4.17. The summed E-state index contributed by atoms with van der Waals surface area (Å²) in [4.78, 5) is 10.2. The molecular formula is C13H18N4. The topological polar surface area (TPSA) is 55.7 Å². The number of hydrogen-bond acceptors (Lipinski definition) is 3. The Balaban J connectivity index is 1.75. The Morgan fingerprint density at radius 2 is 2.18 bits per heavy atom. The molecule has 1 aliphatic carbocycles. The summed E-state index contributed by atoms with van der Waals surface area (Å²) in [5, 5.41) is 9.15. The quantitative estimate of drug-likeness (QED) is 0.842. The molecule has 1 aromatic heterocycles. The summed E-state index contributed by atoms with van der Waals surface area (Å²) in [6.45, 7) is 2.31. The van der Waals surface area contributed by atoms with Gasteiger partial charge in [0.15, 0.2) is 0 Å². The molecule has 1 aromatic rings. The number of piperidine rings is 1. The molecule has 1 saturated carbocycles. The van der Waals surface area contributed by atoms with Gasteiger partial charge in [0.25, 0.3) is 0 Å². The standard InChI is InChI=1S/C13H18N4/c1-17-6-2-10(3-7-17)11-8-15-12(16-11)13(9-14)4-5-13/h8,10H,2-7H2,1H3,(H,15,16). The normalized spacial score (nSPS) is 24.5. The zero-order chi connectivity index (χ0) is 11.9. The molecule has 0 bridgehead atoms. The van der Waals surface area contributed by atoms with Gasteiger partial charge in [-0.2, -0.15) is 5.26 Å². The number of nitrogens with zero attached hydrogens (tertiary/aromatic N) is 3. The first-order valence-corrected chi connectivity index (χ1v) is 6.39. The summed E-state index contributed by atoms with van der Waals surface area (Å²) in [7, 11) is 2.17. The van der Waals surface area contributed by atoms with Crippen molar-refractivity contribution in [2.45, 2.75) is 37.0 Å².